The maximum absolute atomic E-state index is 8.55. The summed E-state index contributed by atoms with van der Waals surface area (Å²) in [7, 11) is 0. The molecule has 18 heavy (non-hydrogen) atoms. The van der Waals surface area contributed by atoms with Gasteiger partial charge in [0.1, 0.15) is 0 Å². The van der Waals surface area contributed by atoms with Crippen LogP contribution in [0.15, 0.2) is 27.5 Å². The monoisotopic (exact) mass is 306 g/mol. The van der Waals surface area contributed by atoms with Gasteiger partial charge in [-0.2, -0.15) is 10.2 Å². The van der Waals surface area contributed by atoms with Crippen LogP contribution in [0.4, 0.5) is 0 Å². The molecule has 0 aliphatic heterocycles. The maximum Gasteiger partial charge on any atom is 0.229 e. The van der Waals surface area contributed by atoms with Crippen LogP contribution in [-0.2, 0) is 0 Å². The van der Waals surface area contributed by atoms with E-state index >= 15 is 0 Å². The largest absolute Gasteiger partial charge is 0.339 e. The number of rotatable bonds is 4. The minimum atomic E-state index is 0.0889. The lowest BCUT2D eigenvalue weighted by molar-refractivity contribution is 0.355. The van der Waals surface area contributed by atoms with Crippen LogP contribution in [0, 0.1) is 11.3 Å². The number of hydrogen-bond acceptors (Lipinski definition) is 5. The molecule has 2 aromatic rings. The van der Waals surface area contributed by atoms with Crippen LogP contribution < -0.4 is 0 Å². The first kappa shape index (κ1) is 12.7. The second kappa shape index (κ2) is 5.74. The van der Waals surface area contributed by atoms with Crippen LogP contribution in [0.25, 0.3) is 11.4 Å². The van der Waals surface area contributed by atoms with Crippen molar-refractivity contribution in [2.75, 3.05) is 0 Å². The fraction of sp³-hybridized carbons (Fsp3) is 0.333. The van der Waals surface area contributed by atoms with E-state index in [0.717, 1.165) is 16.5 Å². The van der Waals surface area contributed by atoms with Crippen LogP contribution in [0.2, 0.25) is 0 Å². The summed E-state index contributed by atoms with van der Waals surface area (Å²) in [5, 5.41) is 12.5. The standard InChI is InChI=1S/C12H11BrN4O/c1-8(3-2-4-14)12-16-11(17-18-12)9-5-10(13)7-15-6-9/h5-8H,2-3H2,1H3. The normalized spacial score (nSPS) is 12.1. The highest BCUT2D eigenvalue weighted by Gasteiger charge is 2.15. The summed E-state index contributed by atoms with van der Waals surface area (Å²) in [6.07, 6.45) is 4.57. The van der Waals surface area contributed by atoms with Crippen molar-refractivity contribution < 1.29 is 4.52 Å². The van der Waals surface area contributed by atoms with Gasteiger partial charge in [0.2, 0.25) is 11.7 Å². The molecule has 0 aliphatic rings. The molecule has 0 radical (unpaired) electrons. The van der Waals surface area contributed by atoms with Crippen molar-refractivity contribution in [1.29, 1.82) is 5.26 Å². The summed E-state index contributed by atoms with van der Waals surface area (Å²) in [5.74, 6) is 1.16. The van der Waals surface area contributed by atoms with Crippen molar-refractivity contribution >= 4 is 15.9 Å². The molecule has 0 aliphatic carbocycles. The molecule has 0 spiro atoms. The van der Waals surface area contributed by atoms with Crippen LogP contribution >= 0.6 is 15.9 Å². The van der Waals surface area contributed by atoms with E-state index in [1.807, 2.05) is 13.0 Å². The summed E-state index contributed by atoms with van der Waals surface area (Å²) in [4.78, 5) is 8.38. The molecule has 2 rings (SSSR count). The quantitative estimate of drug-likeness (QED) is 0.866. The number of pyridine rings is 1. The van der Waals surface area contributed by atoms with E-state index in [1.165, 1.54) is 0 Å². The van der Waals surface area contributed by atoms with E-state index in [0.29, 0.717) is 18.1 Å². The molecule has 0 fully saturated rings. The third kappa shape index (κ3) is 2.93. The highest BCUT2D eigenvalue weighted by atomic mass is 79.9. The molecule has 6 heteroatoms. The molecule has 0 N–H and O–H groups in total. The van der Waals surface area contributed by atoms with Crippen molar-refractivity contribution in [3.8, 4) is 17.5 Å². The lowest BCUT2D eigenvalue weighted by Crippen LogP contribution is -1.93. The summed E-state index contributed by atoms with van der Waals surface area (Å²) < 4.78 is 6.07. The van der Waals surface area contributed by atoms with Gasteiger partial charge < -0.3 is 4.52 Å². The third-order valence-corrected chi connectivity index (χ3v) is 2.95. The Kier molecular flexibility index (Phi) is 4.05. The number of halogens is 1. The fourth-order valence-electron chi connectivity index (χ4n) is 1.49. The molecule has 0 bridgehead atoms. The van der Waals surface area contributed by atoms with E-state index in [1.54, 1.807) is 12.4 Å². The van der Waals surface area contributed by atoms with Gasteiger partial charge in [-0.3, -0.25) is 4.98 Å². The predicted octanol–water partition coefficient (Wildman–Crippen LogP) is 3.30. The fourth-order valence-corrected chi connectivity index (χ4v) is 1.86. The van der Waals surface area contributed by atoms with Gasteiger partial charge in [0.05, 0.1) is 6.07 Å². The lowest BCUT2D eigenvalue weighted by atomic mass is 10.1. The zero-order chi connectivity index (χ0) is 13.0. The van der Waals surface area contributed by atoms with E-state index in [9.17, 15) is 0 Å². The topological polar surface area (TPSA) is 75.6 Å². The SMILES string of the molecule is CC(CCC#N)c1nc(-c2cncc(Br)c2)no1. The molecule has 0 saturated carbocycles. The number of hydrogen-bond donors (Lipinski definition) is 0. The van der Waals surface area contributed by atoms with Crippen molar-refractivity contribution in [2.45, 2.75) is 25.7 Å². The number of nitriles is 1. The molecule has 0 aromatic carbocycles. The average Bonchev–Trinajstić information content (AvgIpc) is 2.85. The van der Waals surface area contributed by atoms with Crippen molar-refractivity contribution in [3.63, 3.8) is 0 Å². The predicted molar refractivity (Wildman–Crippen MR) is 68.5 cm³/mol. The lowest BCUT2D eigenvalue weighted by Gasteiger charge is -2.00. The molecule has 0 amide bonds. The van der Waals surface area contributed by atoms with Gasteiger partial charge in [0.25, 0.3) is 0 Å². The molecule has 92 valence electrons. The Morgan fingerprint density at radius 1 is 1.50 bits per heavy atom. The van der Waals surface area contributed by atoms with Crippen LogP contribution in [-0.4, -0.2) is 15.1 Å². The Balaban J connectivity index is 2.18. The Morgan fingerprint density at radius 2 is 2.33 bits per heavy atom. The van der Waals surface area contributed by atoms with Gasteiger partial charge in [-0.25, -0.2) is 0 Å². The average molecular weight is 307 g/mol. The summed E-state index contributed by atoms with van der Waals surface area (Å²) >= 11 is 3.34. The zero-order valence-corrected chi connectivity index (χ0v) is 11.4. The van der Waals surface area contributed by atoms with Gasteiger partial charge in [0.15, 0.2) is 0 Å². The molecule has 2 aromatic heterocycles. The number of aromatic nitrogens is 3. The molecular weight excluding hydrogens is 296 g/mol. The maximum atomic E-state index is 8.55. The summed E-state index contributed by atoms with van der Waals surface area (Å²) in [5.41, 5.74) is 0.798. The Bertz CT molecular complexity index is 575. The first-order chi connectivity index (χ1) is 8.70. The summed E-state index contributed by atoms with van der Waals surface area (Å²) in [6, 6.07) is 3.98. The highest BCUT2D eigenvalue weighted by Crippen LogP contribution is 2.23. The highest BCUT2D eigenvalue weighted by molar-refractivity contribution is 9.10. The molecule has 5 nitrogen and oxygen atoms in total. The zero-order valence-electron chi connectivity index (χ0n) is 9.80. The van der Waals surface area contributed by atoms with E-state index in [2.05, 4.69) is 37.1 Å². The van der Waals surface area contributed by atoms with Gasteiger partial charge in [0, 0.05) is 34.8 Å². The minimum absolute atomic E-state index is 0.0889. The van der Waals surface area contributed by atoms with Gasteiger partial charge in [-0.15, -0.1) is 0 Å². The Labute approximate surface area is 113 Å². The second-order valence-corrected chi connectivity index (χ2v) is 4.86. The molecule has 0 saturated heterocycles. The van der Waals surface area contributed by atoms with Gasteiger partial charge in [-0.05, 0) is 28.4 Å². The van der Waals surface area contributed by atoms with Crippen molar-refractivity contribution in [3.05, 3.63) is 28.8 Å². The molecule has 2 heterocycles. The molecule has 1 atom stereocenters. The van der Waals surface area contributed by atoms with Gasteiger partial charge in [-0.1, -0.05) is 12.1 Å². The first-order valence-corrected chi connectivity index (χ1v) is 6.31. The minimum Gasteiger partial charge on any atom is -0.339 e. The van der Waals surface area contributed by atoms with Crippen LogP contribution in [0.1, 0.15) is 31.6 Å². The van der Waals surface area contributed by atoms with E-state index < -0.39 is 0 Å². The Hall–Kier alpha value is -1.74. The van der Waals surface area contributed by atoms with E-state index in [-0.39, 0.29) is 5.92 Å². The number of nitrogens with zero attached hydrogens (tertiary/aromatic N) is 4. The smallest absolute Gasteiger partial charge is 0.229 e. The van der Waals surface area contributed by atoms with Crippen molar-refractivity contribution in [1.82, 2.24) is 15.1 Å². The van der Waals surface area contributed by atoms with Crippen LogP contribution in [0.5, 0.6) is 0 Å². The first-order valence-electron chi connectivity index (χ1n) is 5.52. The second-order valence-electron chi connectivity index (χ2n) is 3.95. The Morgan fingerprint density at radius 3 is 3.06 bits per heavy atom. The third-order valence-electron chi connectivity index (χ3n) is 2.52. The molecule has 1 unspecified atom stereocenters. The van der Waals surface area contributed by atoms with E-state index in [4.69, 9.17) is 9.78 Å². The van der Waals surface area contributed by atoms with Crippen LogP contribution in [0.3, 0.4) is 0 Å². The molecular formula is C12H11BrN4O. The van der Waals surface area contributed by atoms with Gasteiger partial charge >= 0.3 is 0 Å². The van der Waals surface area contributed by atoms with Crippen molar-refractivity contribution in [2.24, 2.45) is 0 Å². The summed E-state index contributed by atoms with van der Waals surface area (Å²) in [6.45, 7) is 1.97.